The van der Waals surface area contributed by atoms with Crippen LogP contribution in [-0.2, 0) is 9.47 Å². The van der Waals surface area contributed by atoms with Crippen molar-refractivity contribution in [3.8, 4) is 0 Å². The molecule has 1 amide bonds. The van der Waals surface area contributed by atoms with E-state index in [4.69, 9.17) is 9.47 Å². The molecule has 2 saturated heterocycles. The summed E-state index contributed by atoms with van der Waals surface area (Å²) in [4.78, 5) is 32.6. The first-order valence-electron chi connectivity index (χ1n) is 9.10. The van der Waals surface area contributed by atoms with Gasteiger partial charge in [-0.25, -0.2) is 4.79 Å². The van der Waals surface area contributed by atoms with Crippen molar-refractivity contribution in [1.82, 2.24) is 14.9 Å². The number of aromatic nitrogens is 2. The number of carbonyl (C=O) groups excluding carboxylic acids is 1. The van der Waals surface area contributed by atoms with E-state index in [9.17, 15) is 9.59 Å². The monoisotopic (exact) mass is 369 g/mol. The number of amides is 1. The van der Waals surface area contributed by atoms with Gasteiger partial charge < -0.3 is 19.4 Å². The van der Waals surface area contributed by atoms with Gasteiger partial charge >= 0.3 is 5.69 Å². The zero-order valence-electron chi connectivity index (χ0n) is 15.5. The van der Waals surface area contributed by atoms with Gasteiger partial charge in [0.1, 0.15) is 17.4 Å². The molecule has 0 aliphatic carbocycles. The highest BCUT2D eigenvalue weighted by Gasteiger charge is 2.54. The van der Waals surface area contributed by atoms with E-state index in [1.165, 1.54) is 5.56 Å². The number of nitrogens with one attached hydrogen (secondary N) is 1. The average Bonchev–Trinajstić information content (AvgIpc) is 3.25. The van der Waals surface area contributed by atoms with Crippen LogP contribution in [0.2, 0.25) is 0 Å². The van der Waals surface area contributed by atoms with Gasteiger partial charge in [0.25, 0.3) is 5.91 Å². The number of hydrogen-bond donors (Lipinski definition) is 1. The van der Waals surface area contributed by atoms with Crippen LogP contribution in [0.15, 0.2) is 41.2 Å². The molecule has 0 unspecified atom stereocenters. The summed E-state index contributed by atoms with van der Waals surface area (Å²) in [5.41, 5.74) is 0.955. The van der Waals surface area contributed by atoms with Crippen molar-refractivity contribution in [2.24, 2.45) is 0 Å². The molecule has 3 atom stereocenters. The third-order valence-electron chi connectivity index (χ3n) is 5.54. The fraction of sp³-hybridized carbons (Fsp3) is 0.450. The second-order valence-corrected chi connectivity index (χ2v) is 7.35. The molecule has 7 heteroatoms. The highest BCUT2D eigenvalue weighted by molar-refractivity contribution is 5.92. The molecule has 0 radical (unpaired) electrons. The zero-order chi connectivity index (χ0) is 19.0. The zero-order valence-corrected chi connectivity index (χ0v) is 15.5. The molecule has 3 heterocycles. The van der Waals surface area contributed by atoms with E-state index in [1.54, 1.807) is 25.0 Å². The van der Waals surface area contributed by atoms with E-state index in [0.717, 1.165) is 6.42 Å². The van der Waals surface area contributed by atoms with Crippen molar-refractivity contribution in [3.63, 3.8) is 0 Å². The fourth-order valence-electron chi connectivity index (χ4n) is 4.23. The minimum atomic E-state index is -0.527. The molecular weight excluding hydrogens is 346 g/mol. The molecule has 27 heavy (non-hydrogen) atoms. The molecule has 1 spiro atoms. The molecule has 142 valence electrons. The molecule has 2 fully saturated rings. The number of benzene rings is 1. The minimum absolute atomic E-state index is 0.153. The van der Waals surface area contributed by atoms with E-state index in [-0.39, 0.29) is 23.6 Å². The van der Waals surface area contributed by atoms with Gasteiger partial charge in [-0.2, -0.15) is 4.98 Å². The first-order valence-corrected chi connectivity index (χ1v) is 9.10. The predicted molar refractivity (Wildman–Crippen MR) is 98.8 cm³/mol. The highest BCUT2D eigenvalue weighted by Crippen LogP contribution is 2.43. The van der Waals surface area contributed by atoms with Crippen LogP contribution in [0.25, 0.3) is 0 Å². The SMILES string of the molecule is CO[C@@H]1CN(C(=O)c2cc(C)[nH]c(=O)n2)C[C@]12C[C@@H](c1ccccc1)CO2. The number of aromatic amines is 1. The number of hydrogen-bond acceptors (Lipinski definition) is 5. The standard InChI is InChI=1S/C20H23N3O4/c1-13-8-16(22-19(25)21-13)18(24)23-10-17(26-2)20(12-23)9-15(11-27-20)14-6-4-3-5-7-14/h3-8,15,17H,9-12H2,1-2H3,(H,21,22,25)/t15-,17-,20-/m1/s1. The first kappa shape index (κ1) is 17.9. The number of ether oxygens (including phenoxy) is 2. The Balaban J connectivity index is 1.56. The Bertz CT molecular complexity index is 898. The smallest absolute Gasteiger partial charge is 0.345 e. The maximum absolute atomic E-state index is 12.9. The fourth-order valence-corrected chi connectivity index (χ4v) is 4.23. The molecule has 2 aromatic rings. The molecule has 2 aliphatic rings. The van der Waals surface area contributed by atoms with Crippen molar-refractivity contribution in [2.45, 2.75) is 31.0 Å². The van der Waals surface area contributed by atoms with Crippen LogP contribution >= 0.6 is 0 Å². The number of rotatable bonds is 3. The van der Waals surface area contributed by atoms with E-state index in [1.807, 2.05) is 18.2 Å². The van der Waals surface area contributed by atoms with Gasteiger partial charge in [0, 0.05) is 18.7 Å². The van der Waals surface area contributed by atoms with Gasteiger partial charge in [-0.05, 0) is 25.0 Å². The summed E-state index contributed by atoms with van der Waals surface area (Å²) in [5.74, 6) is 0.00808. The van der Waals surface area contributed by atoms with Crippen LogP contribution in [0.3, 0.4) is 0 Å². The van der Waals surface area contributed by atoms with Crippen molar-refractivity contribution >= 4 is 5.91 Å². The van der Waals surface area contributed by atoms with E-state index < -0.39 is 11.3 Å². The molecule has 7 nitrogen and oxygen atoms in total. The Hall–Kier alpha value is -2.51. The van der Waals surface area contributed by atoms with Gasteiger partial charge in [0.15, 0.2) is 0 Å². The molecular formula is C20H23N3O4. The van der Waals surface area contributed by atoms with E-state index in [0.29, 0.717) is 25.4 Å². The van der Waals surface area contributed by atoms with Crippen LogP contribution < -0.4 is 5.69 Å². The normalized spacial score (nSPS) is 27.4. The van der Waals surface area contributed by atoms with Crippen molar-refractivity contribution in [2.75, 3.05) is 26.8 Å². The summed E-state index contributed by atoms with van der Waals surface area (Å²) in [6.45, 7) is 3.19. The lowest BCUT2D eigenvalue weighted by Gasteiger charge is -2.28. The van der Waals surface area contributed by atoms with E-state index >= 15 is 0 Å². The third kappa shape index (κ3) is 3.28. The predicted octanol–water partition coefficient (Wildman–Crippen LogP) is 1.49. The van der Waals surface area contributed by atoms with Crippen LogP contribution in [0.5, 0.6) is 0 Å². The molecule has 1 aromatic heterocycles. The second-order valence-electron chi connectivity index (χ2n) is 7.35. The molecule has 1 N–H and O–H groups in total. The van der Waals surface area contributed by atoms with Crippen LogP contribution in [0.4, 0.5) is 0 Å². The number of likely N-dealkylation sites (tertiary alicyclic amines) is 1. The lowest BCUT2D eigenvalue weighted by Crippen LogP contribution is -2.42. The summed E-state index contributed by atoms with van der Waals surface area (Å²) in [6, 6.07) is 11.9. The van der Waals surface area contributed by atoms with Crippen LogP contribution in [0.1, 0.15) is 34.1 Å². The van der Waals surface area contributed by atoms with Gasteiger partial charge in [0.2, 0.25) is 0 Å². The third-order valence-corrected chi connectivity index (χ3v) is 5.54. The topological polar surface area (TPSA) is 84.5 Å². The molecule has 0 bridgehead atoms. The molecule has 4 rings (SSSR count). The maximum Gasteiger partial charge on any atom is 0.345 e. The lowest BCUT2D eigenvalue weighted by molar-refractivity contribution is -0.0755. The Morgan fingerprint density at radius 2 is 2.15 bits per heavy atom. The Morgan fingerprint density at radius 1 is 1.37 bits per heavy atom. The quantitative estimate of drug-likeness (QED) is 0.886. The van der Waals surface area contributed by atoms with Crippen LogP contribution in [-0.4, -0.2) is 59.3 Å². The summed E-state index contributed by atoms with van der Waals surface area (Å²) >= 11 is 0. The number of carbonyl (C=O) groups is 1. The molecule has 1 aromatic carbocycles. The molecule has 2 aliphatic heterocycles. The summed E-state index contributed by atoms with van der Waals surface area (Å²) in [5, 5.41) is 0. The van der Waals surface area contributed by atoms with Gasteiger partial charge in [-0.15, -0.1) is 0 Å². The summed E-state index contributed by atoms with van der Waals surface area (Å²) in [7, 11) is 1.65. The lowest BCUT2D eigenvalue weighted by atomic mass is 9.87. The maximum atomic E-state index is 12.9. The first-order chi connectivity index (χ1) is 13.0. The summed E-state index contributed by atoms with van der Waals surface area (Å²) in [6.07, 6.45) is 0.583. The van der Waals surface area contributed by atoms with E-state index in [2.05, 4.69) is 22.1 Å². The highest BCUT2D eigenvalue weighted by atomic mass is 16.6. The van der Waals surface area contributed by atoms with Crippen LogP contribution in [0, 0.1) is 6.92 Å². The number of aryl methyl sites for hydroxylation is 1. The van der Waals surface area contributed by atoms with Crippen molar-refractivity contribution < 1.29 is 14.3 Å². The minimum Gasteiger partial charge on any atom is -0.377 e. The number of H-pyrrole nitrogens is 1. The Kier molecular flexibility index (Phi) is 4.57. The van der Waals surface area contributed by atoms with Gasteiger partial charge in [0.05, 0.1) is 19.7 Å². The van der Waals surface area contributed by atoms with Crippen molar-refractivity contribution in [3.05, 3.63) is 63.8 Å². The van der Waals surface area contributed by atoms with Gasteiger partial charge in [-0.3, -0.25) is 4.79 Å². The second kappa shape index (κ2) is 6.90. The number of nitrogens with zero attached hydrogens (tertiary/aromatic N) is 2. The Labute approximate surface area is 157 Å². The Morgan fingerprint density at radius 3 is 2.85 bits per heavy atom. The van der Waals surface area contributed by atoms with Gasteiger partial charge in [-0.1, -0.05) is 30.3 Å². The average molecular weight is 369 g/mol. The molecule has 0 saturated carbocycles. The van der Waals surface area contributed by atoms with Crippen molar-refractivity contribution in [1.29, 1.82) is 0 Å². The largest absolute Gasteiger partial charge is 0.377 e. The summed E-state index contributed by atoms with van der Waals surface area (Å²) < 4.78 is 11.9. The number of methoxy groups -OCH3 is 1.